The lowest BCUT2D eigenvalue weighted by molar-refractivity contribution is -0.133. The van der Waals surface area contributed by atoms with E-state index in [9.17, 15) is 9.59 Å². The highest BCUT2D eigenvalue weighted by atomic mass is 35.5. The second-order valence-corrected chi connectivity index (χ2v) is 6.43. The number of hydrogen-bond acceptors (Lipinski definition) is 4. The van der Waals surface area contributed by atoms with Crippen LogP contribution in [0.15, 0.2) is 66.7 Å². The molecule has 3 aromatic carbocycles. The summed E-state index contributed by atoms with van der Waals surface area (Å²) in [6, 6.07) is 20.2. The molecule has 0 saturated heterocycles. The van der Waals surface area contributed by atoms with Gasteiger partial charge in [-0.3, -0.25) is 20.4 Å². The number of ether oxygens (including phenoxy) is 2. The van der Waals surface area contributed by atoms with Crippen LogP contribution in [0, 0.1) is 0 Å². The van der Waals surface area contributed by atoms with Gasteiger partial charge in [0.2, 0.25) is 0 Å². The Kier molecular flexibility index (Phi) is 6.34. The predicted octanol–water partition coefficient (Wildman–Crippen LogP) is 3.49. The van der Waals surface area contributed by atoms with E-state index in [2.05, 4.69) is 10.9 Å². The van der Waals surface area contributed by atoms with Gasteiger partial charge in [0.25, 0.3) is 11.8 Å². The molecular weight excluding hydrogens is 380 g/mol. The van der Waals surface area contributed by atoms with Crippen molar-refractivity contribution in [3.63, 3.8) is 0 Å². The second kappa shape index (κ2) is 9.10. The Bertz CT molecular complexity index is 993. The van der Waals surface area contributed by atoms with Gasteiger partial charge in [-0.1, -0.05) is 54.1 Å². The topological polar surface area (TPSA) is 76.7 Å². The number of fused-ring (bicyclic) bond motifs is 1. The highest BCUT2D eigenvalue weighted by Gasteiger charge is 2.16. The molecule has 3 rings (SSSR count). The zero-order chi connectivity index (χ0) is 19.9. The van der Waals surface area contributed by atoms with Gasteiger partial charge in [0.15, 0.2) is 12.7 Å². The van der Waals surface area contributed by atoms with Crippen molar-refractivity contribution in [2.75, 3.05) is 6.61 Å². The Balaban J connectivity index is 1.46. The number of carbonyl (C=O) groups excluding carboxylic acids is 2. The number of para-hydroxylation sites is 1. The van der Waals surface area contributed by atoms with Gasteiger partial charge in [-0.25, -0.2) is 0 Å². The fraction of sp³-hybridized carbons (Fsp3) is 0.143. The highest BCUT2D eigenvalue weighted by Crippen LogP contribution is 2.23. The summed E-state index contributed by atoms with van der Waals surface area (Å²) in [4.78, 5) is 24.0. The van der Waals surface area contributed by atoms with Gasteiger partial charge in [-0.15, -0.1) is 0 Å². The predicted molar refractivity (Wildman–Crippen MR) is 107 cm³/mol. The van der Waals surface area contributed by atoms with Crippen LogP contribution in [0.4, 0.5) is 0 Å². The standard InChI is InChI=1S/C21H19ClN2O4/c1-14(28-17-11-10-15-6-2-3-7-16(15)12-17)21(26)24-23-20(25)13-27-19-9-5-4-8-18(19)22/h2-12,14H,13H2,1H3,(H,23,25)(H,24,26)/t14-/m1/s1. The summed E-state index contributed by atoms with van der Waals surface area (Å²) in [5.74, 6) is -0.0567. The average molecular weight is 399 g/mol. The molecule has 0 spiro atoms. The molecule has 2 N–H and O–H groups in total. The Labute approximate surface area is 167 Å². The highest BCUT2D eigenvalue weighted by molar-refractivity contribution is 6.32. The van der Waals surface area contributed by atoms with Crippen molar-refractivity contribution in [2.24, 2.45) is 0 Å². The first-order chi connectivity index (χ1) is 13.5. The smallest absolute Gasteiger partial charge is 0.279 e. The molecule has 0 radical (unpaired) electrons. The van der Waals surface area contributed by atoms with E-state index in [0.717, 1.165) is 10.8 Å². The third kappa shape index (κ3) is 5.14. The Morgan fingerprint density at radius 3 is 2.46 bits per heavy atom. The summed E-state index contributed by atoms with van der Waals surface area (Å²) in [5.41, 5.74) is 4.60. The third-order valence-corrected chi connectivity index (χ3v) is 4.24. The first-order valence-electron chi connectivity index (χ1n) is 8.64. The minimum absolute atomic E-state index is 0.288. The van der Waals surface area contributed by atoms with Crippen LogP contribution in [0.3, 0.4) is 0 Å². The van der Waals surface area contributed by atoms with Crippen LogP contribution in [0.5, 0.6) is 11.5 Å². The number of rotatable bonds is 6. The molecule has 3 aromatic rings. The molecule has 0 aliphatic heterocycles. The SMILES string of the molecule is C[C@@H](Oc1ccc2ccccc2c1)C(=O)NNC(=O)COc1ccccc1Cl. The van der Waals surface area contributed by atoms with E-state index in [1.807, 2.05) is 36.4 Å². The van der Waals surface area contributed by atoms with Crippen molar-refractivity contribution < 1.29 is 19.1 Å². The first-order valence-corrected chi connectivity index (χ1v) is 9.02. The van der Waals surface area contributed by atoms with Gasteiger partial charge in [0.05, 0.1) is 5.02 Å². The molecule has 0 saturated carbocycles. The van der Waals surface area contributed by atoms with Gasteiger partial charge in [-0.05, 0) is 42.0 Å². The molecule has 1 atom stereocenters. The Morgan fingerprint density at radius 2 is 1.68 bits per heavy atom. The fourth-order valence-corrected chi connectivity index (χ4v) is 2.66. The van der Waals surface area contributed by atoms with Crippen LogP contribution >= 0.6 is 11.6 Å². The Morgan fingerprint density at radius 1 is 0.964 bits per heavy atom. The van der Waals surface area contributed by atoms with Crippen LogP contribution in [0.1, 0.15) is 6.92 Å². The summed E-state index contributed by atoms with van der Waals surface area (Å²) in [7, 11) is 0. The quantitative estimate of drug-likeness (QED) is 0.623. The number of benzene rings is 3. The Hall–Kier alpha value is -3.25. The first kappa shape index (κ1) is 19.5. The summed E-state index contributed by atoms with van der Waals surface area (Å²) in [5, 5.41) is 2.49. The maximum absolute atomic E-state index is 12.1. The number of carbonyl (C=O) groups is 2. The van der Waals surface area contributed by atoms with Crippen molar-refractivity contribution in [3.8, 4) is 11.5 Å². The number of amides is 2. The lowest BCUT2D eigenvalue weighted by atomic mass is 10.1. The molecule has 0 unspecified atom stereocenters. The van der Waals surface area contributed by atoms with E-state index in [4.69, 9.17) is 21.1 Å². The summed E-state index contributed by atoms with van der Waals surface area (Å²) < 4.78 is 11.0. The molecule has 0 aliphatic carbocycles. The summed E-state index contributed by atoms with van der Waals surface area (Å²) in [6.45, 7) is 1.31. The van der Waals surface area contributed by atoms with E-state index in [-0.39, 0.29) is 6.61 Å². The zero-order valence-electron chi connectivity index (χ0n) is 15.1. The number of nitrogens with one attached hydrogen (secondary N) is 2. The van der Waals surface area contributed by atoms with E-state index in [0.29, 0.717) is 16.5 Å². The van der Waals surface area contributed by atoms with Crippen molar-refractivity contribution in [3.05, 3.63) is 71.8 Å². The fourth-order valence-electron chi connectivity index (χ4n) is 2.47. The van der Waals surface area contributed by atoms with Gasteiger partial charge < -0.3 is 9.47 Å². The van der Waals surface area contributed by atoms with Gasteiger partial charge in [0, 0.05) is 0 Å². The average Bonchev–Trinajstić information content (AvgIpc) is 2.71. The summed E-state index contributed by atoms with van der Waals surface area (Å²) >= 11 is 5.95. The summed E-state index contributed by atoms with van der Waals surface area (Å²) in [6.07, 6.45) is -0.800. The number of halogens is 1. The van der Waals surface area contributed by atoms with Crippen molar-refractivity contribution in [1.82, 2.24) is 10.9 Å². The van der Waals surface area contributed by atoms with E-state index in [1.165, 1.54) is 0 Å². The molecule has 6 nitrogen and oxygen atoms in total. The van der Waals surface area contributed by atoms with Crippen LogP contribution in [-0.2, 0) is 9.59 Å². The lowest BCUT2D eigenvalue weighted by Crippen LogP contribution is -2.48. The molecule has 0 aromatic heterocycles. The normalized spacial score (nSPS) is 11.5. The maximum atomic E-state index is 12.1. The molecular formula is C21H19ClN2O4. The minimum Gasteiger partial charge on any atom is -0.482 e. The molecule has 0 aliphatic rings. The third-order valence-electron chi connectivity index (χ3n) is 3.92. The molecule has 0 bridgehead atoms. The largest absolute Gasteiger partial charge is 0.482 e. The molecule has 0 fully saturated rings. The van der Waals surface area contributed by atoms with Crippen molar-refractivity contribution >= 4 is 34.2 Å². The molecule has 28 heavy (non-hydrogen) atoms. The lowest BCUT2D eigenvalue weighted by Gasteiger charge is -2.15. The van der Waals surface area contributed by atoms with Gasteiger partial charge >= 0.3 is 0 Å². The zero-order valence-corrected chi connectivity index (χ0v) is 15.9. The molecule has 7 heteroatoms. The van der Waals surface area contributed by atoms with Crippen molar-refractivity contribution in [1.29, 1.82) is 0 Å². The van der Waals surface area contributed by atoms with Crippen LogP contribution in [0.25, 0.3) is 10.8 Å². The monoisotopic (exact) mass is 398 g/mol. The molecule has 144 valence electrons. The van der Waals surface area contributed by atoms with Crippen LogP contribution < -0.4 is 20.3 Å². The second-order valence-electron chi connectivity index (χ2n) is 6.03. The van der Waals surface area contributed by atoms with E-state index >= 15 is 0 Å². The minimum atomic E-state index is -0.800. The van der Waals surface area contributed by atoms with Crippen LogP contribution in [-0.4, -0.2) is 24.5 Å². The van der Waals surface area contributed by atoms with E-state index < -0.39 is 17.9 Å². The number of hydrogen-bond donors (Lipinski definition) is 2. The van der Waals surface area contributed by atoms with Gasteiger partial charge in [0.1, 0.15) is 11.5 Å². The molecule has 0 heterocycles. The van der Waals surface area contributed by atoms with E-state index in [1.54, 1.807) is 37.3 Å². The van der Waals surface area contributed by atoms with Gasteiger partial charge in [-0.2, -0.15) is 0 Å². The number of hydrazine groups is 1. The van der Waals surface area contributed by atoms with Crippen LogP contribution in [0.2, 0.25) is 5.02 Å². The van der Waals surface area contributed by atoms with Crippen molar-refractivity contribution in [2.45, 2.75) is 13.0 Å². The molecule has 2 amide bonds. The maximum Gasteiger partial charge on any atom is 0.279 e.